The molecule has 102 valence electrons. The number of fused-ring (bicyclic) bond motifs is 1. The molecule has 6 heteroatoms. The summed E-state index contributed by atoms with van der Waals surface area (Å²) in [6, 6.07) is 6.63. The van der Waals surface area contributed by atoms with E-state index in [4.69, 9.17) is 10.2 Å². The van der Waals surface area contributed by atoms with E-state index in [9.17, 15) is 9.59 Å². The lowest BCUT2D eigenvalue weighted by Gasteiger charge is -1.99. The van der Waals surface area contributed by atoms with Crippen LogP contribution in [0.1, 0.15) is 16.1 Å². The average molecular weight is 271 g/mol. The van der Waals surface area contributed by atoms with Crippen LogP contribution in [0.25, 0.3) is 11.1 Å². The van der Waals surface area contributed by atoms with Gasteiger partial charge in [-0.25, -0.2) is 9.36 Å². The molecule has 0 bridgehead atoms. The van der Waals surface area contributed by atoms with Gasteiger partial charge in [0.15, 0.2) is 5.58 Å². The maximum Gasteiger partial charge on any atom is 0.426 e. The number of oxazole rings is 1. The highest BCUT2D eigenvalue weighted by Crippen LogP contribution is 2.17. The number of nitrogens with two attached hydrogens (primary N) is 1. The van der Waals surface area contributed by atoms with Crippen LogP contribution in [0.4, 0.5) is 5.69 Å². The Morgan fingerprint density at radius 2 is 2.20 bits per heavy atom. The van der Waals surface area contributed by atoms with Gasteiger partial charge in [0.05, 0.1) is 11.9 Å². The molecule has 0 fully saturated rings. The van der Waals surface area contributed by atoms with E-state index >= 15 is 0 Å². The Hall–Kier alpha value is -2.76. The van der Waals surface area contributed by atoms with Crippen LogP contribution >= 0.6 is 0 Å². The largest absolute Gasteiger partial charge is 0.426 e. The fourth-order valence-corrected chi connectivity index (χ4v) is 2.20. The van der Waals surface area contributed by atoms with Crippen molar-refractivity contribution in [1.82, 2.24) is 9.55 Å². The number of aromatic amines is 1. The summed E-state index contributed by atoms with van der Waals surface area (Å²) in [5.74, 6) is -1.03. The molecule has 0 radical (unpaired) electrons. The predicted octanol–water partition coefficient (Wildman–Crippen LogP) is 1.70. The van der Waals surface area contributed by atoms with Crippen molar-refractivity contribution in [3.63, 3.8) is 0 Å². The number of nitrogens with one attached hydrogen (secondary N) is 1. The van der Waals surface area contributed by atoms with Crippen molar-refractivity contribution in [3.05, 3.63) is 52.3 Å². The van der Waals surface area contributed by atoms with Crippen molar-refractivity contribution < 1.29 is 9.21 Å². The number of carbonyl (C=O) groups is 1. The molecule has 20 heavy (non-hydrogen) atoms. The van der Waals surface area contributed by atoms with Crippen LogP contribution in [0.5, 0.6) is 0 Å². The van der Waals surface area contributed by atoms with Gasteiger partial charge in [-0.3, -0.25) is 4.79 Å². The topological polar surface area (TPSA) is 94.0 Å². The van der Waals surface area contributed by atoms with E-state index in [0.29, 0.717) is 16.8 Å². The minimum atomic E-state index is -0.692. The Kier molecular flexibility index (Phi) is 2.71. The van der Waals surface area contributed by atoms with Gasteiger partial charge in [0.25, 0.3) is 0 Å². The summed E-state index contributed by atoms with van der Waals surface area (Å²) >= 11 is 0. The summed E-state index contributed by atoms with van der Waals surface area (Å²) in [6.45, 7) is 1.90. The first-order valence-electron chi connectivity index (χ1n) is 6.13. The standard InChI is InChI=1S/C14H13N3O3/c1-8-4-9(7-16-8)5-13(18)17-11-3-2-10(15)6-12(11)20-14(17)19/h2-4,6-7,16H,5,15H2,1H3. The molecule has 0 saturated heterocycles. The highest BCUT2D eigenvalue weighted by molar-refractivity contribution is 5.91. The Morgan fingerprint density at radius 3 is 2.90 bits per heavy atom. The van der Waals surface area contributed by atoms with Gasteiger partial charge in [-0.05, 0) is 30.7 Å². The van der Waals surface area contributed by atoms with E-state index in [1.165, 1.54) is 6.07 Å². The van der Waals surface area contributed by atoms with E-state index in [1.807, 2.05) is 13.0 Å². The van der Waals surface area contributed by atoms with Crippen LogP contribution in [0.2, 0.25) is 0 Å². The molecule has 2 aromatic heterocycles. The zero-order valence-corrected chi connectivity index (χ0v) is 10.8. The number of hydrogen-bond donors (Lipinski definition) is 2. The Morgan fingerprint density at radius 1 is 1.40 bits per heavy atom. The van der Waals surface area contributed by atoms with E-state index in [2.05, 4.69) is 4.98 Å². The third-order valence-corrected chi connectivity index (χ3v) is 3.10. The Bertz CT molecular complexity index is 854. The molecule has 0 atom stereocenters. The number of rotatable bonds is 2. The molecule has 0 aliphatic rings. The van der Waals surface area contributed by atoms with Gasteiger partial charge in [-0.2, -0.15) is 0 Å². The number of hydrogen-bond acceptors (Lipinski definition) is 4. The highest BCUT2D eigenvalue weighted by atomic mass is 16.4. The average Bonchev–Trinajstić information content (AvgIpc) is 2.91. The Balaban J connectivity index is 2.03. The normalized spacial score (nSPS) is 11.1. The minimum Gasteiger partial charge on any atom is -0.407 e. The first-order chi connectivity index (χ1) is 9.54. The van der Waals surface area contributed by atoms with Gasteiger partial charge in [0, 0.05) is 23.6 Å². The monoisotopic (exact) mass is 271 g/mol. The molecule has 1 aromatic carbocycles. The van der Waals surface area contributed by atoms with E-state index in [1.54, 1.807) is 18.3 Å². The number of anilines is 1. The lowest BCUT2D eigenvalue weighted by Crippen LogP contribution is -2.23. The van der Waals surface area contributed by atoms with Crippen molar-refractivity contribution in [2.45, 2.75) is 13.3 Å². The second kappa shape index (κ2) is 4.41. The number of nitrogens with zero attached hydrogens (tertiary/aromatic N) is 1. The quantitative estimate of drug-likeness (QED) is 0.693. The van der Waals surface area contributed by atoms with Crippen LogP contribution in [0.15, 0.2) is 39.7 Å². The lowest BCUT2D eigenvalue weighted by atomic mass is 10.2. The maximum absolute atomic E-state index is 12.3. The zero-order chi connectivity index (χ0) is 14.3. The molecule has 3 N–H and O–H groups in total. The zero-order valence-electron chi connectivity index (χ0n) is 10.8. The fourth-order valence-electron chi connectivity index (χ4n) is 2.20. The Labute approximate surface area is 113 Å². The number of nitrogen functional groups attached to an aromatic ring is 1. The van der Waals surface area contributed by atoms with E-state index in [0.717, 1.165) is 15.8 Å². The summed E-state index contributed by atoms with van der Waals surface area (Å²) in [4.78, 5) is 27.1. The molecule has 2 heterocycles. The third kappa shape index (κ3) is 2.01. The maximum atomic E-state index is 12.3. The number of aromatic nitrogens is 2. The van der Waals surface area contributed by atoms with Gasteiger partial charge in [0.2, 0.25) is 5.91 Å². The fraction of sp³-hybridized carbons (Fsp3) is 0.143. The number of aryl methyl sites for hydroxylation is 1. The van der Waals surface area contributed by atoms with Crippen molar-refractivity contribution in [2.24, 2.45) is 0 Å². The van der Waals surface area contributed by atoms with Gasteiger partial charge >= 0.3 is 5.76 Å². The molecule has 3 aromatic rings. The minimum absolute atomic E-state index is 0.128. The molecule has 3 rings (SSSR count). The van der Waals surface area contributed by atoms with Crippen molar-refractivity contribution >= 4 is 22.7 Å². The molecule has 0 aliphatic carbocycles. The van der Waals surface area contributed by atoms with E-state index in [-0.39, 0.29) is 12.3 Å². The molecule has 0 unspecified atom stereocenters. The lowest BCUT2D eigenvalue weighted by molar-refractivity contribution is 0.0910. The number of H-pyrrole nitrogens is 1. The van der Waals surface area contributed by atoms with Gasteiger partial charge in [-0.1, -0.05) is 0 Å². The van der Waals surface area contributed by atoms with Gasteiger partial charge in [0.1, 0.15) is 0 Å². The SMILES string of the molecule is Cc1cc(CC(=O)n2c(=O)oc3cc(N)ccc32)c[nH]1. The summed E-state index contributed by atoms with van der Waals surface area (Å²) in [7, 11) is 0. The number of benzene rings is 1. The van der Waals surface area contributed by atoms with Gasteiger partial charge < -0.3 is 15.1 Å². The predicted molar refractivity (Wildman–Crippen MR) is 74.7 cm³/mol. The smallest absolute Gasteiger partial charge is 0.407 e. The number of carbonyl (C=O) groups excluding carboxylic acids is 1. The summed E-state index contributed by atoms with van der Waals surface area (Å²) in [6.07, 6.45) is 1.88. The molecular formula is C14H13N3O3. The summed E-state index contributed by atoms with van der Waals surface area (Å²) in [5.41, 5.74) is 8.64. The summed E-state index contributed by atoms with van der Waals surface area (Å²) < 4.78 is 6.08. The molecule has 0 saturated carbocycles. The van der Waals surface area contributed by atoms with E-state index < -0.39 is 5.76 Å². The van der Waals surface area contributed by atoms with Crippen LogP contribution in [-0.4, -0.2) is 15.5 Å². The first kappa shape index (κ1) is 12.3. The molecule has 6 nitrogen and oxygen atoms in total. The van der Waals surface area contributed by atoms with Crippen molar-refractivity contribution in [3.8, 4) is 0 Å². The molecule has 0 amide bonds. The van der Waals surface area contributed by atoms with Crippen LogP contribution in [0.3, 0.4) is 0 Å². The molecule has 0 spiro atoms. The highest BCUT2D eigenvalue weighted by Gasteiger charge is 2.16. The summed E-state index contributed by atoms with van der Waals surface area (Å²) in [5, 5.41) is 0. The van der Waals surface area contributed by atoms with Crippen LogP contribution < -0.4 is 11.5 Å². The third-order valence-electron chi connectivity index (χ3n) is 3.10. The van der Waals surface area contributed by atoms with Crippen LogP contribution in [0, 0.1) is 6.92 Å². The second-order valence-corrected chi connectivity index (χ2v) is 4.69. The van der Waals surface area contributed by atoms with Crippen molar-refractivity contribution in [1.29, 1.82) is 0 Å². The first-order valence-corrected chi connectivity index (χ1v) is 6.13. The molecular weight excluding hydrogens is 258 g/mol. The van der Waals surface area contributed by atoms with Crippen molar-refractivity contribution in [2.75, 3.05) is 5.73 Å². The second-order valence-electron chi connectivity index (χ2n) is 4.69. The molecule has 0 aliphatic heterocycles. The van der Waals surface area contributed by atoms with Crippen LogP contribution in [-0.2, 0) is 6.42 Å². The van der Waals surface area contributed by atoms with Gasteiger partial charge in [-0.15, -0.1) is 0 Å².